The molecule has 4 N–H and O–H groups in total. The molecule has 10 heteroatoms. The monoisotopic (exact) mass is 486 g/mol. The van der Waals surface area contributed by atoms with E-state index in [9.17, 15) is 19.5 Å². The first-order valence-corrected chi connectivity index (χ1v) is 11.4. The largest absolute Gasteiger partial charge is 0.550 e. The lowest BCUT2D eigenvalue weighted by atomic mass is 10.0. The summed E-state index contributed by atoms with van der Waals surface area (Å²) in [6, 6.07) is 17.5. The molecular formula is C25H20N5O4S-. The van der Waals surface area contributed by atoms with Crippen LogP contribution < -0.4 is 21.5 Å². The predicted molar refractivity (Wildman–Crippen MR) is 131 cm³/mol. The summed E-state index contributed by atoms with van der Waals surface area (Å²) < 4.78 is 0. The summed E-state index contributed by atoms with van der Waals surface area (Å²) >= 11 is 1.26. The van der Waals surface area contributed by atoms with E-state index in [1.165, 1.54) is 11.3 Å². The Hall–Kier alpha value is -4.57. The van der Waals surface area contributed by atoms with Gasteiger partial charge in [0.05, 0.1) is 12.2 Å². The number of nitrogen functional groups attached to an aromatic ring is 1. The Balaban J connectivity index is 1.39. The van der Waals surface area contributed by atoms with Crippen LogP contribution in [0.15, 0.2) is 72.2 Å². The summed E-state index contributed by atoms with van der Waals surface area (Å²) in [5.41, 5.74) is 10.2. The van der Waals surface area contributed by atoms with Gasteiger partial charge in [0.15, 0.2) is 5.13 Å². The number of nitrogens with zero attached hydrogens (tertiary/aromatic N) is 2. The summed E-state index contributed by atoms with van der Waals surface area (Å²) in [6.07, 6.45) is 1.30. The second-order valence-corrected chi connectivity index (χ2v) is 8.41. The molecule has 0 spiro atoms. The summed E-state index contributed by atoms with van der Waals surface area (Å²) in [6.45, 7) is -0.205. The van der Waals surface area contributed by atoms with Gasteiger partial charge in [-0.2, -0.15) is 0 Å². The molecule has 176 valence electrons. The molecule has 2 heterocycles. The third-order valence-electron chi connectivity index (χ3n) is 4.97. The van der Waals surface area contributed by atoms with Crippen LogP contribution in [0.25, 0.3) is 22.4 Å². The van der Waals surface area contributed by atoms with Crippen molar-refractivity contribution >= 4 is 39.9 Å². The highest BCUT2D eigenvalue weighted by Gasteiger charge is 2.11. The third kappa shape index (κ3) is 6.27. The maximum absolute atomic E-state index is 12.3. The quantitative estimate of drug-likeness (QED) is 0.323. The number of nitrogens with one attached hydrogen (secondary N) is 2. The molecule has 0 bridgehead atoms. The molecule has 35 heavy (non-hydrogen) atoms. The number of anilines is 2. The molecule has 0 aliphatic rings. The van der Waals surface area contributed by atoms with Crippen molar-refractivity contribution in [1.82, 2.24) is 15.3 Å². The maximum Gasteiger partial charge on any atom is 0.251 e. The number of aliphatic carboxylic acids is 1. The number of carboxylic acid groups (broad SMARTS) is 1. The molecule has 0 saturated heterocycles. The van der Waals surface area contributed by atoms with E-state index in [-0.39, 0.29) is 18.9 Å². The summed E-state index contributed by atoms with van der Waals surface area (Å²) in [5.74, 6) is -1.97. The number of benzene rings is 2. The van der Waals surface area contributed by atoms with Crippen molar-refractivity contribution in [2.24, 2.45) is 0 Å². The lowest BCUT2D eigenvalue weighted by Gasteiger charge is -2.07. The molecule has 0 aliphatic heterocycles. The lowest BCUT2D eigenvalue weighted by molar-refractivity contribution is -0.304. The van der Waals surface area contributed by atoms with Gasteiger partial charge in [-0.1, -0.05) is 18.2 Å². The van der Waals surface area contributed by atoms with Crippen LogP contribution in [0, 0.1) is 0 Å². The second kappa shape index (κ2) is 10.6. The average Bonchev–Trinajstić information content (AvgIpc) is 3.31. The number of nitrogens with two attached hydrogens (primary N) is 1. The number of carboxylic acids is 1. The van der Waals surface area contributed by atoms with E-state index in [4.69, 9.17) is 5.73 Å². The van der Waals surface area contributed by atoms with Gasteiger partial charge in [-0.05, 0) is 53.6 Å². The van der Waals surface area contributed by atoms with Crippen molar-refractivity contribution in [3.63, 3.8) is 0 Å². The zero-order valence-electron chi connectivity index (χ0n) is 18.4. The van der Waals surface area contributed by atoms with Crippen LogP contribution in [0.3, 0.4) is 0 Å². The Morgan fingerprint density at radius 3 is 2.49 bits per heavy atom. The fraction of sp³-hybridized carbons (Fsp3) is 0.0800. The van der Waals surface area contributed by atoms with Gasteiger partial charge in [0.1, 0.15) is 0 Å². The zero-order chi connectivity index (χ0) is 24.8. The number of carbonyl (C=O) groups is 3. The summed E-state index contributed by atoms with van der Waals surface area (Å²) in [5, 5.41) is 18.3. The first kappa shape index (κ1) is 23.6. The molecule has 2 amide bonds. The minimum absolute atomic E-state index is 0.205. The van der Waals surface area contributed by atoms with Gasteiger partial charge in [-0.3, -0.25) is 14.6 Å². The zero-order valence-corrected chi connectivity index (χ0v) is 19.2. The predicted octanol–water partition coefficient (Wildman–Crippen LogP) is 2.12. The Morgan fingerprint density at radius 2 is 1.71 bits per heavy atom. The molecule has 2 aromatic heterocycles. The van der Waals surface area contributed by atoms with Crippen LogP contribution in [0.4, 0.5) is 10.8 Å². The van der Waals surface area contributed by atoms with Crippen molar-refractivity contribution in [2.45, 2.75) is 6.42 Å². The fourth-order valence-corrected chi connectivity index (χ4v) is 4.02. The van der Waals surface area contributed by atoms with Gasteiger partial charge in [-0.25, -0.2) is 4.98 Å². The Bertz CT molecular complexity index is 1380. The van der Waals surface area contributed by atoms with E-state index in [2.05, 4.69) is 20.6 Å². The van der Waals surface area contributed by atoms with Gasteiger partial charge in [-0.15, -0.1) is 11.3 Å². The number of aromatic nitrogens is 2. The SMILES string of the molecule is Nc1ccc(C(=O)NCC(=O)Nc2nc(-c3cccc(-c4ccnc(CC(=O)[O-])c4)c3)cs2)cc1. The van der Waals surface area contributed by atoms with Crippen molar-refractivity contribution < 1.29 is 19.5 Å². The fourth-order valence-electron chi connectivity index (χ4n) is 3.28. The highest BCUT2D eigenvalue weighted by Crippen LogP contribution is 2.29. The number of thiazole rings is 1. The van der Waals surface area contributed by atoms with Crippen LogP contribution in [0.5, 0.6) is 0 Å². The highest BCUT2D eigenvalue weighted by molar-refractivity contribution is 7.14. The first-order chi connectivity index (χ1) is 16.9. The number of amides is 2. The number of pyridine rings is 1. The molecule has 0 aliphatic carbocycles. The standard InChI is InChI=1S/C25H21N5O4S/c26-19-6-4-15(5-7-19)24(34)28-13-22(31)30-25-29-21(14-35-25)18-3-1-2-16(10-18)17-8-9-27-20(11-17)12-23(32)33/h1-11,14H,12-13,26H2,(H,28,34)(H,32,33)(H,29,30,31)/p-1. The van der Waals surface area contributed by atoms with Gasteiger partial charge < -0.3 is 26.3 Å². The molecule has 4 rings (SSSR count). The second-order valence-electron chi connectivity index (χ2n) is 7.56. The van der Waals surface area contributed by atoms with Crippen molar-refractivity contribution in [1.29, 1.82) is 0 Å². The molecule has 4 aromatic rings. The van der Waals surface area contributed by atoms with Crippen LogP contribution in [0.1, 0.15) is 16.1 Å². The molecule has 9 nitrogen and oxygen atoms in total. The number of rotatable bonds is 8. The Labute approximate surface area is 204 Å². The highest BCUT2D eigenvalue weighted by atomic mass is 32.1. The Kier molecular flexibility index (Phi) is 7.12. The van der Waals surface area contributed by atoms with Crippen LogP contribution >= 0.6 is 11.3 Å². The maximum atomic E-state index is 12.3. The van der Waals surface area contributed by atoms with E-state index < -0.39 is 11.9 Å². The van der Waals surface area contributed by atoms with E-state index in [0.717, 1.165) is 16.7 Å². The van der Waals surface area contributed by atoms with Gasteiger partial charge in [0.2, 0.25) is 5.91 Å². The number of carbonyl (C=O) groups excluding carboxylic acids is 3. The van der Waals surface area contributed by atoms with Gasteiger partial charge in [0.25, 0.3) is 5.91 Å². The third-order valence-corrected chi connectivity index (χ3v) is 5.72. The lowest BCUT2D eigenvalue weighted by Crippen LogP contribution is -2.32. The van der Waals surface area contributed by atoms with Crippen molar-refractivity contribution in [3.05, 3.63) is 83.5 Å². The van der Waals surface area contributed by atoms with Crippen molar-refractivity contribution in [3.8, 4) is 22.4 Å². The Morgan fingerprint density at radius 1 is 0.971 bits per heavy atom. The molecule has 0 fully saturated rings. The van der Waals surface area contributed by atoms with E-state index >= 15 is 0 Å². The van der Waals surface area contributed by atoms with Crippen LogP contribution in [-0.4, -0.2) is 34.3 Å². The normalized spacial score (nSPS) is 10.5. The molecule has 2 aromatic carbocycles. The van der Waals surface area contributed by atoms with Crippen LogP contribution in [-0.2, 0) is 16.0 Å². The van der Waals surface area contributed by atoms with Gasteiger partial charge >= 0.3 is 0 Å². The molecular weight excluding hydrogens is 466 g/mol. The van der Waals surface area contributed by atoms with Gasteiger partial charge in [0, 0.05) is 46.5 Å². The average molecular weight is 487 g/mol. The van der Waals surface area contributed by atoms with E-state index in [0.29, 0.717) is 27.8 Å². The minimum atomic E-state index is -1.19. The molecule has 0 saturated carbocycles. The smallest absolute Gasteiger partial charge is 0.251 e. The minimum Gasteiger partial charge on any atom is -0.550 e. The topological polar surface area (TPSA) is 150 Å². The van der Waals surface area contributed by atoms with Crippen molar-refractivity contribution in [2.75, 3.05) is 17.6 Å². The summed E-state index contributed by atoms with van der Waals surface area (Å²) in [7, 11) is 0. The first-order valence-electron chi connectivity index (χ1n) is 10.5. The molecule has 0 radical (unpaired) electrons. The summed E-state index contributed by atoms with van der Waals surface area (Å²) in [4.78, 5) is 43.8. The van der Waals surface area contributed by atoms with E-state index in [1.807, 2.05) is 29.6 Å². The van der Waals surface area contributed by atoms with Crippen LogP contribution in [0.2, 0.25) is 0 Å². The molecule has 0 unspecified atom stereocenters. The number of hydrogen-bond acceptors (Lipinski definition) is 8. The van der Waals surface area contributed by atoms with E-state index in [1.54, 1.807) is 42.6 Å². The number of hydrogen-bond donors (Lipinski definition) is 3. The molecule has 0 atom stereocenters.